The highest BCUT2D eigenvalue weighted by Gasteiger charge is 2.20. The van der Waals surface area contributed by atoms with E-state index in [0.717, 1.165) is 38.5 Å². The van der Waals surface area contributed by atoms with Crippen molar-refractivity contribution in [3.63, 3.8) is 0 Å². The van der Waals surface area contributed by atoms with Crippen molar-refractivity contribution >= 4 is 11.9 Å². The molecule has 502 valence electrons. The van der Waals surface area contributed by atoms with E-state index < -0.39 is 12.1 Å². The first-order valence-corrected chi connectivity index (χ1v) is 39.3. The van der Waals surface area contributed by atoms with Gasteiger partial charge in [-0.25, -0.2) is 0 Å². The molecule has 0 aromatic carbocycles. The third kappa shape index (κ3) is 70.0. The summed E-state index contributed by atoms with van der Waals surface area (Å²) in [6.45, 7) is 5.02. The number of amides is 1. The van der Waals surface area contributed by atoms with Gasteiger partial charge in [-0.1, -0.05) is 425 Å². The van der Waals surface area contributed by atoms with E-state index in [1.54, 1.807) is 0 Å². The second-order valence-electron chi connectivity index (χ2n) is 27.4. The minimum atomic E-state index is -0.662. The Hall–Kier alpha value is -1.14. The second-order valence-corrected chi connectivity index (χ2v) is 27.4. The number of hydrogen-bond acceptors (Lipinski definition) is 5. The number of unbranched alkanes of at least 4 members (excludes halogenated alkanes) is 64. The van der Waals surface area contributed by atoms with Crippen LogP contribution in [-0.2, 0) is 14.3 Å². The average molecular weight is 1190 g/mol. The number of ether oxygens (including phenoxy) is 1. The summed E-state index contributed by atoms with van der Waals surface area (Å²) >= 11 is 0. The molecule has 0 aliphatic carbocycles. The van der Waals surface area contributed by atoms with E-state index in [1.807, 2.05) is 0 Å². The smallest absolute Gasteiger partial charge is 0.305 e. The molecule has 1 amide bonds. The molecule has 0 rings (SSSR count). The average Bonchev–Trinajstić information content (AvgIpc) is 3.51. The molecule has 0 aromatic heterocycles. The summed E-state index contributed by atoms with van der Waals surface area (Å²) in [6.07, 6.45) is 91.9. The molecule has 0 radical (unpaired) electrons. The zero-order chi connectivity index (χ0) is 60.6. The van der Waals surface area contributed by atoms with Crippen molar-refractivity contribution in [2.24, 2.45) is 0 Å². The van der Waals surface area contributed by atoms with Crippen molar-refractivity contribution in [3.05, 3.63) is 0 Å². The summed E-state index contributed by atoms with van der Waals surface area (Å²) in [5.41, 5.74) is 0. The SMILES string of the molecule is CCCCCCCCCCCCCCCCCCCCCCCC(O)C(CO)NC(=O)CCCCCCCCCCCCCCCCCCCCCCCCCCCCCCCCOC(=O)CCCCCCCCCCCCCCCCCC. The predicted molar refractivity (Wildman–Crippen MR) is 371 cm³/mol. The predicted octanol–water partition coefficient (Wildman–Crippen LogP) is 25.7. The Morgan fingerprint density at radius 3 is 0.726 bits per heavy atom. The molecule has 3 N–H and O–H groups in total. The molecule has 2 atom stereocenters. The molecule has 0 spiro atoms. The number of nitrogens with one attached hydrogen (secondary N) is 1. The Kier molecular flexibility index (Phi) is 73.3. The first-order chi connectivity index (χ1) is 41.5. The van der Waals surface area contributed by atoms with Gasteiger partial charge in [-0.3, -0.25) is 9.59 Å². The lowest BCUT2D eigenvalue weighted by Gasteiger charge is -2.22. The van der Waals surface area contributed by atoms with E-state index in [9.17, 15) is 19.8 Å². The number of rotatable bonds is 75. The topological polar surface area (TPSA) is 95.9 Å². The maximum atomic E-state index is 12.6. The molecule has 0 saturated carbocycles. The third-order valence-corrected chi connectivity index (χ3v) is 18.9. The Labute approximate surface area is 527 Å². The minimum absolute atomic E-state index is 0.0250. The molecule has 6 heteroatoms. The van der Waals surface area contributed by atoms with Gasteiger partial charge in [-0.05, 0) is 25.7 Å². The number of aliphatic hydroxyl groups excluding tert-OH is 2. The largest absolute Gasteiger partial charge is 0.466 e. The van der Waals surface area contributed by atoms with Crippen LogP contribution in [0.1, 0.15) is 463 Å². The molecular weight excluding hydrogens is 1030 g/mol. The fourth-order valence-corrected chi connectivity index (χ4v) is 12.9. The second kappa shape index (κ2) is 74.3. The molecule has 6 nitrogen and oxygen atoms in total. The van der Waals surface area contributed by atoms with Crippen molar-refractivity contribution < 1.29 is 24.5 Å². The van der Waals surface area contributed by atoms with Gasteiger partial charge in [0.05, 0.1) is 25.4 Å². The number of carbonyl (C=O) groups is 2. The lowest BCUT2D eigenvalue weighted by molar-refractivity contribution is -0.143. The lowest BCUT2D eigenvalue weighted by atomic mass is 10.0. The quantitative estimate of drug-likeness (QED) is 0.0417. The first kappa shape index (κ1) is 82.9. The van der Waals surface area contributed by atoms with Crippen molar-refractivity contribution in [1.29, 1.82) is 0 Å². The van der Waals surface area contributed by atoms with E-state index in [1.165, 1.54) is 392 Å². The van der Waals surface area contributed by atoms with Gasteiger partial charge >= 0.3 is 5.97 Å². The van der Waals surface area contributed by atoms with Crippen LogP contribution in [0.25, 0.3) is 0 Å². The maximum absolute atomic E-state index is 12.6. The van der Waals surface area contributed by atoms with Crippen LogP contribution in [0.15, 0.2) is 0 Å². The summed E-state index contributed by atoms with van der Waals surface area (Å²) in [6, 6.07) is -0.538. The Morgan fingerprint density at radius 1 is 0.286 bits per heavy atom. The van der Waals surface area contributed by atoms with Gasteiger partial charge < -0.3 is 20.3 Å². The zero-order valence-corrected chi connectivity index (χ0v) is 57.7. The van der Waals surface area contributed by atoms with Crippen LogP contribution in [0.5, 0.6) is 0 Å². The Bertz CT molecular complexity index is 1230. The maximum Gasteiger partial charge on any atom is 0.305 e. The van der Waals surface area contributed by atoms with Crippen LogP contribution in [-0.4, -0.2) is 47.4 Å². The molecule has 84 heavy (non-hydrogen) atoms. The minimum Gasteiger partial charge on any atom is -0.466 e. The normalized spacial score (nSPS) is 12.4. The highest BCUT2D eigenvalue weighted by Crippen LogP contribution is 2.21. The summed E-state index contributed by atoms with van der Waals surface area (Å²) < 4.78 is 5.51. The molecule has 0 fully saturated rings. The van der Waals surface area contributed by atoms with Crippen molar-refractivity contribution in [1.82, 2.24) is 5.32 Å². The molecular formula is C78H155NO5. The third-order valence-electron chi connectivity index (χ3n) is 18.9. The number of carbonyl (C=O) groups excluding carboxylic acids is 2. The van der Waals surface area contributed by atoms with Gasteiger partial charge in [0.15, 0.2) is 0 Å². The van der Waals surface area contributed by atoms with Crippen LogP contribution >= 0.6 is 0 Å². The molecule has 0 aliphatic rings. The van der Waals surface area contributed by atoms with Crippen LogP contribution in [0.3, 0.4) is 0 Å². The van der Waals surface area contributed by atoms with Crippen molar-refractivity contribution in [2.75, 3.05) is 13.2 Å². The Morgan fingerprint density at radius 2 is 0.488 bits per heavy atom. The molecule has 0 bridgehead atoms. The highest BCUT2D eigenvalue weighted by molar-refractivity contribution is 5.76. The summed E-state index contributed by atoms with van der Waals surface area (Å²) in [4.78, 5) is 24.7. The van der Waals surface area contributed by atoms with E-state index >= 15 is 0 Å². The zero-order valence-electron chi connectivity index (χ0n) is 57.7. The standard InChI is InChI=1S/C78H155NO5/c1-3-5-7-9-11-13-15-17-19-21-22-33-36-39-42-46-50-54-58-62-66-70-76(81)75(74-80)79-77(82)71-67-63-59-55-51-47-43-40-37-34-31-29-27-25-23-24-26-28-30-32-35-38-41-45-49-53-57-61-65-69-73-84-78(83)72-68-64-60-56-52-48-44-20-18-16-14-12-10-8-6-4-2/h75-76,80-81H,3-74H2,1-2H3,(H,79,82). The summed E-state index contributed by atoms with van der Waals surface area (Å²) in [5, 5.41) is 23.5. The highest BCUT2D eigenvalue weighted by atomic mass is 16.5. The van der Waals surface area contributed by atoms with Gasteiger partial charge in [-0.2, -0.15) is 0 Å². The van der Waals surface area contributed by atoms with Crippen LogP contribution in [0, 0.1) is 0 Å². The fourth-order valence-electron chi connectivity index (χ4n) is 12.9. The van der Waals surface area contributed by atoms with Crippen molar-refractivity contribution in [2.45, 2.75) is 475 Å². The van der Waals surface area contributed by atoms with Gasteiger partial charge in [0, 0.05) is 12.8 Å². The first-order valence-electron chi connectivity index (χ1n) is 39.3. The number of hydrogen-bond donors (Lipinski definition) is 3. The van der Waals surface area contributed by atoms with Gasteiger partial charge in [-0.15, -0.1) is 0 Å². The Balaban J connectivity index is 3.32. The monoisotopic (exact) mass is 1190 g/mol. The molecule has 0 heterocycles. The lowest BCUT2D eigenvalue weighted by Crippen LogP contribution is -2.45. The van der Waals surface area contributed by atoms with Gasteiger partial charge in [0.25, 0.3) is 0 Å². The van der Waals surface area contributed by atoms with E-state index in [4.69, 9.17) is 4.74 Å². The van der Waals surface area contributed by atoms with E-state index in [0.29, 0.717) is 25.9 Å². The van der Waals surface area contributed by atoms with Gasteiger partial charge in [0.1, 0.15) is 0 Å². The van der Waals surface area contributed by atoms with Gasteiger partial charge in [0.2, 0.25) is 5.91 Å². The van der Waals surface area contributed by atoms with E-state index in [2.05, 4.69) is 19.2 Å². The van der Waals surface area contributed by atoms with Crippen LogP contribution in [0.4, 0.5) is 0 Å². The molecule has 0 aromatic rings. The molecule has 0 aliphatic heterocycles. The summed E-state index contributed by atoms with van der Waals surface area (Å²) in [5.74, 6) is 0.000145. The van der Waals surface area contributed by atoms with Crippen molar-refractivity contribution in [3.8, 4) is 0 Å². The summed E-state index contributed by atoms with van der Waals surface area (Å²) in [7, 11) is 0. The number of aliphatic hydroxyl groups is 2. The van der Waals surface area contributed by atoms with E-state index in [-0.39, 0.29) is 18.5 Å². The van der Waals surface area contributed by atoms with Crippen LogP contribution in [0.2, 0.25) is 0 Å². The fraction of sp³-hybridized carbons (Fsp3) is 0.974. The van der Waals surface area contributed by atoms with Crippen LogP contribution < -0.4 is 5.32 Å². The number of esters is 1. The molecule has 2 unspecified atom stereocenters. The molecule has 0 saturated heterocycles.